The molecule has 1 aromatic carbocycles. The van der Waals surface area contributed by atoms with E-state index >= 15 is 0 Å². The number of benzene rings is 1. The first-order valence-corrected chi connectivity index (χ1v) is 14.0. The number of unbranched alkanes of at least 4 members (excludes halogenated alkanes) is 2. The predicted octanol–water partition coefficient (Wildman–Crippen LogP) is 3.11. The molecule has 0 fully saturated rings. The fraction of sp³-hybridized carbons (Fsp3) is 0.500. The highest BCUT2D eigenvalue weighted by Crippen LogP contribution is 2.12. The lowest BCUT2D eigenvalue weighted by atomic mass is 10.1. The first kappa shape index (κ1) is 29.1. The summed E-state index contributed by atoms with van der Waals surface area (Å²) in [5.74, 6) is -1.22. The maximum absolute atomic E-state index is 12.7. The molecular formula is C26H36N2O7S. The van der Waals surface area contributed by atoms with Crippen LogP contribution in [0.3, 0.4) is 0 Å². The SMILES string of the molecule is CCCC[C@H](NC(=O)CCCCNC(=O)COc1ccc(C)cc1)C(=O)CS(=O)(=O)Cc1ccco1. The van der Waals surface area contributed by atoms with Gasteiger partial charge < -0.3 is 19.8 Å². The number of ether oxygens (including phenoxy) is 1. The van der Waals surface area contributed by atoms with Crippen LogP contribution in [0.25, 0.3) is 0 Å². The van der Waals surface area contributed by atoms with Gasteiger partial charge in [-0.2, -0.15) is 0 Å². The maximum Gasteiger partial charge on any atom is 0.257 e. The zero-order valence-corrected chi connectivity index (χ0v) is 21.8. The number of nitrogens with one attached hydrogen (secondary N) is 2. The molecule has 9 nitrogen and oxygen atoms in total. The Balaban J connectivity index is 1.69. The second-order valence-electron chi connectivity index (χ2n) is 8.75. The molecule has 2 rings (SSSR count). The van der Waals surface area contributed by atoms with Crippen molar-refractivity contribution in [3.63, 3.8) is 0 Å². The van der Waals surface area contributed by atoms with Crippen molar-refractivity contribution in [2.24, 2.45) is 0 Å². The molecule has 0 bridgehead atoms. The normalized spacial score (nSPS) is 12.1. The van der Waals surface area contributed by atoms with Crippen LogP contribution in [0.1, 0.15) is 56.8 Å². The van der Waals surface area contributed by atoms with E-state index in [2.05, 4.69) is 10.6 Å². The Morgan fingerprint density at radius 2 is 1.78 bits per heavy atom. The number of Topliss-reactive ketones (excluding diaryl/α,β-unsaturated/α-hetero) is 1. The van der Waals surface area contributed by atoms with Gasteiger partial charge in [0.05, 0.1) is 12.3 Å². The number of hydrogen-bond donors (Lipinski definition) is 2. The van der Waals surface area contributed by atoms with Gasteiger partial charge in [0.25, 0.3) is 5.91 Å². The van der Waals surface area contributed by atoms with Crippen molar-refractivity contribution < 1.29 is 32.0 Å². The van der Waals surface area contributed by atoms with Crippen molar-refractivity contribution >= 4 is 27.4 Å². The lowest BCUT2D eigenvalue weighted by Gasteiger charge is -2.17. The van der Waals surface area contributed by atoms with Crippen LogP contribution < -0.4 is 15.4 Å². The zero-order valence-electron chi connectivity index (χ0n) is 21.0. The standard InChI is InChI=1S/C26H36N2O7S/c1-3-4-9-23(24(29)19-36(32,33)18-22-8-7-16-34-22)28-25(30)10-5-6-15-27-26(31)17-35-21-13-11-20(2)12-14-21/h7-8,11-14,16,23H,3-6,9-10,15,17-19H2,1-2H3,(H,27,31)(H,28,30)/t23-/m0/s1. The fourth-order valence-electron chi connectivity index (χ4n) is 3.44. The minimum absolute atomic E-state index is 0.0897. The second-order valence-corrected chi connectivity index (χ2v) is 10.8. The average molecular weight is 521 g/mol. The van der Waals surface area contributed by atoms with Gasteiger partial charge >= 0.3 is 0 Å². The number of furan rings is 1. The van der Waals surface area contributed by atoms with Gasteiger partial charge in [0, 0.05) is 13.0 Å². The third-order valence-electron chi connectivity index (χ3n) is 5.42. The number of sulfone groups is 1. The van der Waals surface area contributed by atoms with E-state index in [9.17, 15) is 22.8 Å². The molecule has 1 heterocycles. The van der Waals surface area contributed by atoms with E-state index in [1.54, 1.807) is 18.2 Å². The summed E-state index contributed by atoms with van der Waals surface area (Å²) in [6.07, 6.45) is 4.52. The molecule has 0 saturated carbocycles. The molecule has 10 heteroatoms. The molecule has 0 spiro atoms. The highest BCUT2D eigenvalue weighted by atomic mass is 32.2. The van der Waals surface area contributed by atoms with Crippen molar-refractivity contribution in [3.8, 4) is 5.75 Å². The van der Waals surface area contributed by atoms with Crippen LogP contribution in [-0.4, -0.2) is 51.0 Å². The van der Waals surface area contributed by atoms with Crippen molar-refractivity contribution in [2.75, 3.05) is 18.9 Å². The Hall–Kier alpha value is -3.14. The molecule has 2 amide bonds. The topological polar surface area (TPSA) is 132 Å². The summed E-state index contributed by atoms with van der Waals surface area (Å²) in [6, 6.07) is 9.68. The van der Waals surface area contributed by atoms with E-state index < -0.39 is 27.4 Å². The minimum atomic E-state index is -3.71. The highest BCUT2D eigenvalue weighted by molar-refractivity contribution is 7.91. The van der Waals surface area contributed by atoms with Crippen LogP contribution in [0, 0.1) is 6.92 Å². The van der Waals surface area contributed by atoms with Gasteiger partial charge in [0.15, 0.2) is 22.2 Å². The molecule has 0 aliphatic carbocycles. The van der Waals surface area contributed by atoms with E-state index in [0.717, 1.165) is 12.0 Å². The van der Waals surface area contributed by atoms with Gasteiger partial charge in [-0.05, 0) is 50.5 Å². The fourth-order valence-corrected chi connectivity index (χ4v) is 4.78. The molecule has 0 radical (unpaired) electrons. The number of carbonyl (C=O) groups excluding carboxylic acids is 3. The first-order chi connectivity index (χ1) is 17.2. The maximum atomic E-state index is 12.7. The van der Waals surface area contributed by atoms with Gasteiger partial charge in [-0.25, -0.2) is 8.42 Å². The molecule has 2 aromatic rings. The largest absolute Gasteiger partial charge is 0.484 e. The van der Waals surface area contributed by atoms with E-state index in [0.29, 0.717) is 38.0 Å². The molecule has 198 valence electrons. The summed E-state index contributed by atoms with van der Waals surface area (Å²) < 4.78 is 35.2. The van der Waals surface area contributed by atoms with E-state index in [1.807, 2.05) is 26.0 Å². The van der Waals surface area contributed by atoms with Crippen LogP contribution in [0.5, 0.6) is 5.75 Å². The van der Waals surface area contributed by atoms with Crippen LogP contribution in [0.15, 0.2) is 47.1 Å². The second kappa shape index (κ2) is 15.1. The van der Waals surface area contributed by atoms with Crippen LogP contribution >= 0.6 is 0 Å². The highest BCUT2D eigenvalue weighted by Gasteiger charge is 2.26. The van der Waals surface area contributed by atoms with Crippen LogP contribution in [-0.2, 0) is 30.0 Å². The number of hydrogen-bond acceptors (Lipinski definition) is 7. The van der Waals surface area contributed by atoms with E-state index in [4.69, 9.17) is 9.15 Å². The van der Waals surface area contributed by atoms with Crippen LogP contribution in [0.4, 0.5) is 0 Å². The molecule has 0 aliphatic heterocycles. The Bertz CT molecular complexity index is 1060. The molecule has 0 aliphatic rings. The van der Waals surface area contributed by atoms with Crippen LogP contribution in [0.2, 0.25) is 0 Å². The van der Waals surface area contributed by atoms with Gasteiger partial charge in [0.2, 0.25) is 5.91 Å². The van der Waals surface area contributed by atoms with E-state index in [1.165, 1.54) is 12.3 Å². The zero-order chi connectivity index (χ0) is 26.4. The molecule has 0 unspecified atom stereocenters. The summed E-state index contributed by atoms with van der Waals surface area (Å²) in [7, 11) is -3.71. The van der Waals surface area contributed by atoms with Gasteiger partial charge in [0.1, 0.15) is 23.0 Å². The third kappa shape index (κ3) is 11.5. The molecule has 2 N–H and O–H groups in total. The summed E-state index contributed by atoms with van der Waals surface area (Å²) in [4.78, 5) is 37.0. The van der Waals surface area contributed by atoms with Crippen molar-refractivity contribution in [1.82, 2.24) is 10.6 Å². The Kier molecular flexibility index (Phi) is 12.2. The number of aryl methyl sites for hydroxylation is 1. The Morgan fingerprint density at radius 1 is 1.03 bits per heavy atom. The Morgan fingerprint density at radius 3 is 2.44 bits per heavy atom. The van der Waals surface area contributed by atoms with Crippen molar-refractivity contribution in [3.05, 3.63) is 54.0 Å². The average Bonchev–Trinajstić information content (AvgIpc) is 3.33. The predicted molar refractivity (Wildman–Crippen MR) is 136 cm³/mol. The van der Waals surface area contributed by atoms with Gasteiger partial charge in [-0.15, -0.1) is 0 Å². The third-order valence-corrected chi connectivity index (χ3v) is 6.87. The number of ketones is 1. The minimum Gasteiger partial charge on any atom is -0.484 e. The molecule has 1 atom stereocenters. The lowest BCUT2D eigenvalue weighted by molar-refractivity contribution is -0.127. The molecule has 36 heavy (non-hydrogen) atoms. The first-order valence-electron chi connectivity index (χ1n) is 12.2. The quantitative estimate of drug-likeness (QED) is 0.306. The van der Waals surface area contributed by atoms with Gasteiger partial charge in [-0.3, -0.25) is 14.4 Å². The molecule has 1 aromatic heterocycles. The smallest absolute Gasteiger partial charge is 0.257 e. The number of rotatable bonds is 17. The van der Waals surface area contributed by atoms with Crippen molar-refractivity contribution in [1.29, 1.82) is 0 Å². The van der Waals surface area contributed by atoms with Gasteiger partial charge in [-0.1, -0.05) is 37.5 Å². The lowest BCUT2D eigenvalue weighted by Crippen LogP contribution is -2.43. The number of carbonyl (C=O) groups is 3. The Labute approximate surface area is 212 Å². The summed E-state index contributed by atoms with van der Waals surface area (Å²) in [5, 5.41) is 5.44. The number of amides is 2. The molecule has 0 saturated heterocycles. The molecular weight excluding hydrogens is 484 g/mol. The summed E-state index contributed by atoms with van der Waals surface area (Å²) >= 11 is 0. The summed E-state index contributed by atoms with van der Waals surface area (Å²) in [6.45, 7) is 4.23. The van der Waals surface area contributed by atoms with E-state index in [-0.39, 0.29) is 36.4 Å². The summed E-state index contributed by atoms with van der Waals surface area (Å²) in [5.41, 5.74) is 1.10. The monoisotopic (exact) mass is 520 g/mol. The van der Waals surface area contributed by atoms with Crippen molar-refractivity contribution in [2.45, 2.75) is 64.2 Å².